The van der Waals surface area contributed by atoms with Crippen molar-refractivity contribution in [1.29, 1.82) is 0 Å². The zero-order valence-electron chi connectivity index (χ0n) is 11.2. The van der Waals surface area contributed by atoms with Crippen LogP contribution in [0.4, 0.5) is 0 Å². The highest BCUT2D eigenvalue weighted by Crippen LogP contribution is 2.13. The van der Waals surface area contributed by atoms with Crippen LogP contribution in [-0.2, 0) is 0 Å². The molecule has 1 rings (SSSR count). The molecule has 0 aliphatic rings. The zero-order chi connectivity index (χ0) is 15.0. The van der Waals surface area contributed by atoms with Crippen molar-refractivity contribution in [2.75, 3.05) is 13.6 Å². The van der Waals surface area contributed by atoms with E-state index in [1.54, 1.807) is 6.92 Å². The average Bonchev–Trinajstić information content (AvgIpc) is 2.28. The summed E-state index contributed by atoms with van der Waals surface area (Å²) < 4.78 is 0. The van der Waals surface area contributed by atoms with Gasteiger partial charge in [0.05, 0.1) is 17.2 Å². The van der Waals surface area contributed by atoms with E-state index in [-0.39, 0.29) is 22.8 Å². The van der Waals surface area contributed by atoms with Gasteiger partial charge >= 0.3 is 11.9 Å². The lowest BCUT2D eigenvalue weighted by molar-refractivity contribution is 0.0696. The highest BCUT2D eigenvalue weighted by molar-refractivity contribution is 5.96. The first-order chi connectivity index (χ1) is 8.81. The highest BCUT2D eigenvalue weighted by atomic mass is 16.4. The number of carboxylic acids is 2. The molecule has 19 heavy (non-hydrogen) atoms. The second-order valence-electron chi connectivity index (χ2n) is 4.00. The van der Waals surface area contributed by atoms with E-state index in [1.807, 2.05) is 7.05 Å². The molecule has 0 aromatic heterocycles. The Labute approximate surface area is 111 Å². The fraction of sp³-hybridized carbons (Fsp3) is 0.385. The van der Waals surface area contributed by atoms with Crippen LogP contribution >= 0.6 is 0 Å². The molecule has 0 bridgehead atoms. The second kappa shape index (κ2) is 8.23. The molecule has 0 heterocycles. The molecule has 1 aromatic carbocycles. The number of aliphatic hydroxyl groups is 1. The minimum absolute atomic E-state index is 0.0277. The lowest BCUT2D eigenvalue weighted by atomic mass is 10.0. The Morgan fingerprint density at radius 3 is 1.84 bits per heavy atom. The van der Waals surface area contributed by atoms with Crippen LogP contribution in [0.15, 0.2) is 18.2 Å². The Morgan fingerprint density at radius 1 is 1.21 bits per heavy atom. The third kappa shape index (κ3) is 5.98. The van der Waals surface area contributed by atoms with Gasteiger partial charge in [-0.2, -0.15) is 0 Å². The lowest BCUT2D eigenvalue weighted by Crippen LogP contribution is -2.19. The van der Waals surface area contributed by atoms with E-state index in [1.165, 1.54) is 25.1 Å². The molecule has 0 spiro atoms. The van der Waals surface area contributed by atoms with Gasteiger partial charge in [-0.05, 0) is 38.6 Å². The van der Waals surface area contributed by atoms with E-state index < -0.39 is 11.9 Å². The fourth-order valence-electron chi connectivity index (χ4n) is 1.39. The van der Waals surface area contributed by atoms with Crippen molar-refractivity contribution in [2.24, 2.45) is 0 Å². The molecule has 0 amide bonds. The van der Waals surface area contributed by atoms with Crippen LogP contribution < -0.4 is 5.32 Å². The number of nitrogens with one attached hydrogen (secondary N) is 1. The number of aliphatic hydroxyl groups excluding tert-OH is 1. The third-order valence-corrected chi connectivity index (χ3v) is 2.29. The number of aromatic carboxylic acids is 2. The van der Waals surface area contributed by atoms with Crippen LogP contribution in [0.3, 0.4) is 0 Å². The topological polar surface area (TPSA) is 107 Å². The lowest BCUT2D eigenvalue weighted by Gasteiger charge is -2.03. The molecule has 6 heteroatoms. The van der Waals surface area contributed by atoms with E-state index in [2.05, 4.69) is 5.32 Å². The Bertz CT molecular complexity index is 410. The number of benzene rings is 1. The van der Waals surface area contributed by atoms with Crippen molar-refractivity contribution < 1.29 is 24.9 Å². The first-order valence-corrected chi connectivity index (χ1v) is 5.70. The molecule has 0 aliphatic carbocycles. The van der Waals surface area contributed by atoms with Crippen LogP contribution in [0, 0.1) is 6.92 Å². The molecule has 4 N–H and O–H groups in total. The number of hydrogen-bond donors (Lipinski definition) is 4. The number of carbonyl (C=O) groups is 2. The molecular weight excluding hydrogens is 250 g/mol. The molecule has 106 valence electrons. The Balaban J connectivity index is 0.000000459. The van der Waals surface area contributed by atoms with Crippen LogP contribution in [0.2, 0.25) is 0 Å². The smallest absolute Gasteiger partial charge is 0.335 e. The predicted molar refractivity (Wildman–Crippen MR) is 70.7 cm³/mol. The average molecular weight is 269 g/mol. The molecule has 0 saturated carbocycles. The summed E-state index contributed by atoms with van der Waals surface area (Å²) in [6.07, 6.45) is -0.213. The van der Waals surface area contributed by atoms with E-state index in [4.69, 9.17) is 15.3 Å². The maximum Gasteiger partial charge on any atom is 0.335 e. The van der Waals surface area contributed by atoms with Crippen molar-refractivity contribution >= 4 is 11.9 Å². The van der Waals surface area contributed by atoms with Crippen molar-refractivity contribution in [1.82, 2.24) is 5.32 Å². The van der Waals surface area contributed by atoms with Gasteiger partial charge in [0.2, 0.25) is 0 Å². The van der Waals surface area contributed by atoms with Crippen LogP contribution in [0.1, 0.15) is 33.2 Å². The summed E-state index contributed by atoms with van der Waals surface area (Å²) in [5, 5.41) is 28.7. The van der Waals surface area contributed by atoms with Crippen LogP contribution in [0.25, 0.3) is 0 Å². The minimum Gasteiger partial charge on any atom is -0.478 e. The normalized spacial score (nSPS) is 11.2. The van der Waals surface area contributed by atoms with Gasteiger partial charge in [-0.25, -0.2) is 9.59 Å². The molecule has 0 saturated heterocycles. The van der Waals surface area contributed by atoms with Crippen molar-refractivity contribution in [3.63, 3.8) is 0 Å². The summed E-state index contributed by atoms with van der Waals surface area (Å²) in [6.45, 7) is 3.91. The van der Waals surface area contributed by atoms with Gasteiger partial charge in [0, 0.05) is 6.54 Å². The molecule has 6 nitrogen and oxygen atoms in total. The van der Waals surface area contributed by atoms with Gasteiger partial charge in [-0.1, -0.05) is 6.07 Å². The standard InChI is InChI=1S/C9H8O4.C4H11NO/c1-5-6(8(10)11)3-2-4-7(5)9(12)13;1-4(6)3-5-2/h2-4H,1H3,(H,10,11)(H,12,13);4-6H,3H2,1-2H3. The van der Waals surface area contributed by atoms with Gasteiger partial charge in [-0.15, -0.1) is 0 Å². The SMILES string of the molecule is CNCC(C)O.Cc1c(C(=O)O)cccc1C(=O)O. The van der Waals surface area contributed by atoms with Crippen molar-refractivity contribution in [3.8, 4) is 0 Å². The molecule has 0 aliphatic heterocycles. The first-order valence-electron chi connectivity index (χ1n) is 5.70. The van der Waals surface area contributed by atoms with Crippen LogP contribution in [-0.4, -0.2) is 47.0 Å². The van der Waals surface area contributed by atoms with E-state index in [9.17, 15) is 9.59 Å². The summed E-state index contributed by atoms with van der Waals surface area (Å²) in [4.78, 5) is 21.2. The largest absolute Gasteiger partial charge is 0.478 e. The first kappa shape index (κ1) is 17.1. The molecule has 1 aromatic rings. The van der Waals surface area contributed by atoms with E-state index in [0.717, 1.165) is 0 Å². The van der Waals surface area contributed by atoms with E-state index >= 15 is 0 Å². The quantitative estimate of drug-likeness (QED) is 0.649. The summed E-state index contributed by atoms with van der Waals surface area (Å²) in [7, 11) is 1.81. The Morgan fingerprint density at radius 2 is 1.63 bits per heavy atom. The number of rotatable bonds is 4. The minimum atomic E-state index is -1.11. The van der Waals surface area contributed by atoms with Gasteiger partial charge in [0.25, 0.3) is 0 Å². The summed E-state index contributed by atoms with van der Waals surface area (Å²) in [6, 6.07) is 4.17. The predicted octanol–water partition coefficient (Wildman–Crippen LogP) is 0.978. The third-order valence-electron chi connectivity index (χ3n) is 2.29. The Hall–Kier alpha value is -1.92. The molecular formula is C13H19NO5. The van der Waals surface area contributed by atoms with Gasteiger partial charge in [-0.3, -0.25) is 0 Å². The molecule has 0 fully saturated rings. The fourth-order valence-corrected chi connectivity index (χ4v) is 1.39. The maximum atomic E-state index is 10.6. The van der Waals surface area contributed by atoms with Crippen molar-refractivity contribution in [3.05, 3.63) is 34.9 Å². The summed E-state index contributed by atoms with van der Waals surface area (Å²) in [5.74, 6) is -2.22. The monoisotopic (exact) mass is 269 g/mol. The van der Waals surface area contributed by atoms with Gasteiger partial charge < -0.3 is 20.6 Å². The molecule has 0 radical (unpaired) electrons. The summed E-state index contributed by atoms with van der Waals surface area (Å²) in [5.41, 5.74) is 0.335. The highest BCUT2D eigenvalue weighted by Gasteiger charge is 2.13. The maximum absolute atomic E-state index is 10.6. The second-order valence-corrected chi connectivity index (χ2v) is 4.00. The van der Waals surface area contributed by atoms with Gasteiger partial charge in [0.15, 0.2) is 0 Å². The van der Waals surface area contributed by atoms with Crippen molar-refractivity contribution in [2.45, 2.75) is 20.0 Å². The van der Waals surface area contributed by atoms with E-state index in [0.29, 0.717) is 6.54 Å². The number of carboxylic acid groups (broad SMARTS) is 2. The molecule has 1 unspecified atom stereocenters. The zero-order valence-corrected chi connectivity index (χ0v) is 11.2. The summed E-state index contributed by atoms with van der Waals surface area (Å²) >= 11 is 0. The Kier molecular flexibility index (Phi) is 7.40. The number of likely N-dealkylation sites (N-methyl/N-ethyl adjacent to an activating group) is 1. The van der Waals surface area contributed by atoms with Gasteiger partial charge in [0.1, 0.15) is 0 Å². The molecule has 1 atom stereocenters. The van der Waals surface area contributed by atoms with Crippen LogP contribution in [0.5, 0.6) is 0 Å². The number of hydrogen-bond acceptors (Lipinski definition) is 4.